The van der Waals surface area contributed by atoms with E-state index < -0.39 is 6.04 Å². The van der Waals surface area contributed by atoms with E-state index in [2.05, 4.69) is 17.4 Å². The summed E-state index contributed by atoms with van der Waals surface area (Å²) in [6, 6.07) is 24.9. The Labute approximate surface area is 237 Å². The number of esters is 1. The lowest BCUT2D eigenvalue weighted by Crippen LogP contribution is -2.29. The number of rotatable bonds is 10. The van der Waals surface area contributed by atoms with Gasteiger partial charge in [0, 0.05) is 22.0 Å². The van der Waals surface area contributed by atoms with Crippen LogP contribution in [0.1, 0.15) is 43.0 Å². The predicted molar refractivity (Wildman–Crippen MR) is 154 cm³/mol. The molecule has 4 aromatic rings. The maximum absolute atomic E-state index is 13.3. The minimum atomic E-state index is -0.534. The summed E-state index contributed by atoms with van der Waals surface area (Å²) in [5, 5.41) is 9.34. The highest BCUT2D eigenvalue weighted by atomic mass is 35.5. The molecule has 2 heterocycles. The molecule has 7 nitrogen and oxygen atoms in total. The second kappa shape index (κ2) is 12.4. The maximum atomic E-state index is 13.3. The van der Waals surface area contributed by atoms with Crippen molar-refractivity contribution in [3.8, 4) is 5.75 Å². The van der Waals surface area contributed by atoms with E-state index in [0.717, 1.165) is 23.3 Å². The average Bonchev–Trinajstić information content (AvgIpc) is 3.36. The van der Waals surface area contributed by atoms with E-state index in [0.29, 0.717) is 46.4 Å². The van der Waals surface area contributed by atoms with Gasteiger partial charge < -0.3 is 14.8 Å². The number of ether oxygens (including phenoxy) is 2. The van der Waals surface area contributed by atoms with E-state index >= 15 is 0 Å². The number of fused-ring (bicyclic) bond motifs is 1. The summed E-state index contributed by atoms with van der Waals surface area (Å²) in [6.45, 7) is 4.50. The van der Waals surface area contributed by atoms with Gasteiger partial charge in [-0.3, -0.25) is 0 Å². The summed E-state index contributed by atoms with van der Waals surface area (Å²) in [5.41, 5.74) is 4.08. The molecule has 1 unspecified atom stereocenters. The topological polar surface area (TPSA) is 78.3 Å². The fourth-order valence-electron chi connectivity index (χ4n) is 4.31. The van der Waals surface area contributed by atoms with Crippen molar-refractivity contribution in [2.75, 3.05) is 11.9 Å². The summed E-state index contributed by atoms with van der Waals surface area (Å²) in [7, 11) is 0. The average molecular weight is 561 g/mol. The molecule has 1 aromatic heterocycles. The van der Waals surface area contributed by atoms with E-state index in [1.807, 2.05) is 80.6 Å². The van der Waals surface area contributed by atoms with Crippen LogP contribution in [0.15, 0.2) is 95.3 Å². The third kappa shape index (κ3) is 6.29. The van der Waals surface area contributed by atoms with Crippen LogP contribution in [0.3, 0.4) is 0 Å². The van der Waals surface area contributed by atoms with Gasteiger partial charge in [-0.25, -0.2) is 9.48 Å². The van der Waals surface area contributed by atoms with Crippen LogP contribution in [0, 0.1) is 0 Å². The van der Waals surface area contributed by atoms with E-state index in [-0.39, 0.29) is 5.97 Å². The summed E-state index contributed by atoms with van der Waals surface area (Å²) in [6.07, 6.45) is 0.733. The summed E-state index contributed by atoms with van der Waals surface area (Å²) in [4.78, 5) is 18.0. The minimum Gasteiger partial charge on any atom is -0.489 e. The molecule has 1 aliphatic heterocycles. The predicted octanol–water partition coefficient (Wildman–Crippen LogP) is 7.04. The zero-order valence-corrected chi connectivity index (χ0v) is 23.3. The van der Waals surface area contributed by atoms with Crippen molar-refractivity contribution in [2.45, 2.75) is 43.8 Å². The highest BCUT2D eigenvalue weighted by Crippen LogP contribution is 2.38. The van der Waals surface area contributed by atoms with Gasteiger partial charge in [-0.1, -0.05) is 91.0 Å². The van der Waals surface area contributed by atoms with Crippen molar-refractivity contribution in [2.24, 2.45) is 0 Å². The van der Waals surface area contributed by atoms with Crippen molar-refractivity contribution in [3.05, 3.63) is 112 Å². The van der Waals surface area contributed by atoms with E-state index in [1.165, 1.54) is 5.56 Å². The van der Waals surface area contributed by atoms with Crippen LogP contribution < -0.4 is 10.1 Å². The molecular formula is C30H29ClN4O3S. The number of carbonyl (C=O) groups excluding carboxylic acids is 1. The number of halogens is 1. The quantitative estimate of drug-likeness (QED) is 0.164. The zero-order valence-electron chi connectivity index (χ0n) is 21.8. The van der Waals surface area contributed by atoms with E-state index in [4.69, 9.17) is 31.2 Å². The minimum absolute atomic E-state index is 0.324. The second-order valence-corrected chi connectivity index (χ2v) is 10.4. The molecule has 5 rings (SSSR count). The third-order valence-electron chi connectivity index (χ3n) is 6.23. The fourth-order valence-corrected chi connectivity index (χ4v) is 5.29. The summed E-state index contributed by atoms with van der Waals surface area (Å²) in [5.74, 6) is 1.58. The van der Waals surface area contributed by atoms with Crippen LogP contribution in [0.5, 0.6) is 5.75 Å². The first-order valence-electron chi connectivity index (χ1n) is 12.8. The monoisotopic (exact) mass is 560 g/mol. The van der Waals surface area contributed by atoms with Crippen molar-refractivity contribution in [3.63, 3.8) is 0 Å². The summed E-state index contributed by atoms with van der Waals surface area (Å²) >= 11 is 7.86. The van der Waals surface area contributed by atoms with Gasteiger partial charge in [0.1, 0.15) is 18.4 Å². The van der Waals surface area contributed by atoms with E-state index in [1.54, 1.807) is 16.4 Å². The largest absolute Gasteiger partial charge is 0.489 e. The molecular weight excluding hydrogens is 532 g/mol. The highest BCUT2D eigenvalue weighted by Gasteiger charge is 2.35. The van der Waals surface area contributed by atoms with Crippen LogP contribution in [-0.2, 0) is 21.9 Å². The molecule has 0 spiro atoms. The SMILES string of the molecule is CCCOC(=O)C1=C(C)Nc2nc(SCc3ccccc3)nn2C1c1cccc(OCc2ccccc2Cl)c1. The molecule has 0 saturated heterocycles. The molecule has 0 saturated carbocycles. The fraction of sp³-hybridized carbons (Fsp3) is 0.233. The van der Waals surface area contributed by atoms with Crippen molar-refractivity contribution in [1.29, 1.82) is 0 Å². The van der Waals surface area contributed by atoms with Crippen LogP contribution in [0.25, 0.3) is 0 Å². The molecule has 1 atom stereocenters. The Kier molecular flexibility index (Phi) is 8.54. The van der Waals surface area contributed by atoms with Crippen molar-refractivity contribution < 1.29 is 14.3 Å². The Morgan fingerprint density at radius 2 is 1.87 bits per heavy atom. The zero-order chi connectivity index (χ0) is 27.2. The first kappa shape index (κ1) is 26.8. The highest BCUT2D eigenvalue weighted by molar-refractivity contribution is 7.98. The molecule has 200 valence electrons. The van der Waals surface area contributed by atoms with Crippen LogP contribution in [0.4, 0.5) is 5.95 Å². The Bertz CT molecular complexity index is 1490. The molecule has 0 aliphatic carbocycles. The van der Waals surface area contributed by atoms with Crippen molar-refractivity contribution in [1.82, 2.24) is 14.8 Å². The number of hydrogen-bond acceptors (Lipinski definition) is 7. The summed E-state index contributed by atoms with van der Waals surface area (Å²) < 4.78 is 13.4. The first-order valence-corrected chi connectivity index (χ1v) is 14.1. The lowest BCUT2D eigenvalue weighted by molar-refractivity contribution is -0.139. The van der Waals surface area contributed by atoms with Crippen LogP contribution >= 0.6 is 23.4 Å². The second-order valence-electron chi connectivity index (χ2n) is 9.09. The Balaban J connectivity index is 1.46. The van der Waals surface area contributed by atoms with Gasteiger partial charge in [-0.05, 0) is 42.7 Å². The van der Waals surface area contributed by atoms with Gasteiger partial charge in [0.25, 0.3) is 0 Å². The normalized spacial score (nSPS) is 14.5. The Morgan fingerprint density at radius 1 is 1.08 bits per heavy atom. The van der Waals surface area contributed by atoms with Gasteiger partial charge in [-0.2, -0.15) is 4.98 Å². The van der Waals surface area contributed by atoms with Crippen LogP contribution in [-0.4, -0.2) is 27.3 Å². The number of aromatic nitrogens is 3. The number of hydrogen-bond donors (Lipinski definition) is 1. The third-order valence-corrected chi connectivity index (χ3v) is 7.50. The number of nitrogens with one attached hydrogen (secondary N) is 1. The Hall–Kier alpha value is -3.75. The molecule has 39 heavy (non-hydrogen) atoms. The molecule has 3 aromatic carbocycles. The molecule has 0 bridgehead atoms. The smallest absolute Gasteiger partial charge is 0.338 e. The molecule has 0 fully saturated rings. The Morgan fingerprint density at radius 3 is 2.67 bits per heavy atom. The number of thioether (sulfide) groups is 1. The molecule has 1 aliphatic rings. The van der Waals surface area contributed by atoms with Crippen molar-refractivity contribution >= 4 is 35.3 Å². The maximum Gasteiger partial charge on any atom is 0.338 e. The van der Waals surface area contributed by atoms with Crippen LogP contribution in [0.2, 0.25) is 5.02 Å². The standard InChI is InChI=1S/C30H29ClN4O3S/c1-3-16-37-28(36)26-20(2)32-29-33-30(39-19-21-10-5-4-6-11-21)34-35(29)27(26)22-13-9-14-24(17-22)38-18-23-12-7-8-15-25(23)31/h4-15,17,27H,3,16,18-19H2,1-2H3,(H,32,33,34). The van der Waals surface area contributed by atoms with Gasteiger partial charge in [-0.15, -0.1) is 5.10 Å². The molecule has 9 heteroatoms. The van der Waals surface area contributed by atoms with Gasteiger partial charge in [0.05, 0.1) is 12.2 Å². The lowest BCUT2D eigenvalue weighted by atomic mass is 9.95. The first-order chi connectivity index (χ1) is 19.0. The number of anilines is 1. The molecule has 0 radical (unpaired) electrons. The number of nitrogens with zero attached hydrogens (tertiary/aromatic N) is 3. The number of benzene rings is 3. The lowest BCUT2D eigenvalue weighted by Gasteiger charge is -2.28. The number of carbonyl (C=O) groups is 1. The van der Waals surface area contributed by atoms with Gasteiger partial charge in [0.2, 0.25) is 11.1 Å². The molecule has 1 N–H and O–H groups in total. The van der Waals surface area contributed by atoms with Gasteiger partial charge in [0.15, 0.2) is 0 Å². The van der Waals surface area contributed by atoms with E-state index in [9.17, 15) is 4.79 Å². The molecule has 0 amide bonds. The van der Waals surface area contributed by atoms with Gasteiger partial charge >= 0.3 is 5.97 Å². The number of allylic oxidation sites excluding steroid dienone is 1.